The van der Waals surface area contributed by atoms with Gasteiger partial charge in [-0.1, -0.05) is 0 Å². The van der Waals surface area contributed by atoms with Gasteiger partial charge in [-0.25, -0.2) is 4.79 Å². The van der Waals surface area contributed by atoms with Gasteiger partial charge in [0.2, 0.25) is 5.24 Å². The molecule has 1 heterocycles. The zero-order valence-corrected chi connectivity index (χ0v) is 11.0. The van der Waals surface area contributed by atoms with Crippen LogP contribution in [0.3, 0.4) is 0 Å². The average Bonchev–Trinajstić information content (AvgIpc) is 2.51. The lowest BCUT2D eigenvalue weighted by atomic mass is 10.1. The standard InChI is InChI=1S/C12H16ClNO3/c1-4-17-12(16)11-7(2)9(14-8(11)3)5-6-10(13)15/h14H,4-6H2,1-3H3. The molecule has 5 heteroatoms. The van der Waals surface area contributed by atoms with Crippen LogP contribution in [0.5, 0.6) is 0 Å². The first-order chi connectivity index (χ1) is 7.97. The molecule has 1 rings (SSSR count). The third-order valence-electron chi connectivity index (χ3n) is 2.59. The van der Waals surface area contributed by atoms with Crippen molar-refractivity contribution < 1.29 is 14.3 Å². The molecule has 0 aliphatic rings. The van der Waals surface area contributed by atoms with Gasteiger partial charge >= 0.3 is 5.97 Å². The minimum atomic E-state index is -0.380. The number of rotatable bonds is 5. The number of carbonyl (C=O) groups excluding carboxylic acids is 2. The number of halogens is 1. The Morgan fingerprint density at radius 2 is 2.00 bits per heavy atom. The number of carbonyl (C=O) groups is 2. The van der Waals surface area contributed by atoms with E-state index in [9.17, 15) is 9.59 Å². The molecule has 0 bridgehead atoms. The maximum Gasteiger partial charge on any atom is 0.340 e. The van der Waals surface area contributed by atoms with Gasteiger partial charge in [0.25, 0.3) is 0 Å². The molecule has 94 valence electrons. The minimum absolute atomic E-state index is 0.255. The van der Waals surface area contributed by atoms with Crippen molar-refractivity contribution in [1.82, 2.24) is 4.98 Å². The summed E-state index contributed by atoms with van der Waals surface area (Å²) in [7, 11) is 0. The van der Waals surface area contributed by atoms with E-state index in [2.05, 4.69) is 4.98 Å². The summed E-state index contributed by atoms with van der Waals surface area (Å²) in [6.45, 7) is 5.76. The Bertz CT molecular complexity index is 437. The molecule has 1 aromatic rings. The fraction of sp³-hybridized carbons (Fsp3) is 0.500. The van der Waals surface area contributed by atoms with Crippen LogP contribution in [-0.2, 0) is 16.0 Å². The molecule has 0 aromatic carbocycles. The Kier molecular flexibility index (Phi) is 4.75. The molecule has 0 aliphatic carbocycles. The van der Waals surface area contributed by atoms with E-state index in [1.54, 1.807) is 6.92 Å². The number of hydrogen-bond donors (Lipinski definition) is 1. The largest absolute Gasteiger partial charge is 0.462 e. The lowest BCUT2D eigenvalue weighted by molar-refractivity contribution is -0.111. The molecule has 0 spiro atoms. The minimum Gasteiger partial charge on any atom is -0.462 e. The van der Waals surface area contributed by atoms with E-state index in [0.717, 1.165) is 17.0 Å². The fourth-order valence-corrected chi connectivity index (χ4v) is 1.89. The van der Waals surface area contributed by atoms with Gasteiger partial charge in [-0.2, -0.15) is 0 Å². The Morgan fingerprint density at radius 1 is 1.35 bits per heavy atom. The van der Waals surface area contributed by atoms with E-state index < -0.39 is 0 Å². The zero-order chi connectivity index (χ0) is 13.0. The van der Waals surface area contributed by atoms with Crippen LogP contribution in [0.1, 0.15) is 40.7 Å². The van der Waals surface area contributed by atoms with Crippen LogP contribution < -0.4 is 0 Å². The first-order valence-electron chi connectivity index (χ1n) is 5.50. The number of nitrogens with one attached hydrogen (secondary N) is 1. The van der Waals surface area contributed by atoms with Gasteiger partial charge in [0.15, 0.2) is 0 Å². The van der Waals surface area contributed by atoms with Crippen LogP contribution in [0.25, 0.3) is 0 Å². The van der Waals surface area contributed by atoms with Crippen LogP contribution in [0.15, 0.2) is 0 Å². The molecule has 0 radical (unpaired) electrons. The molecular formula is C12H16ClNO3. The molecule has 0 fully saturated rings. The zero-order valence-electron chi connectivity index (χ0n) is 10.2. The van der Waals surface area contributed by atoms with Crippen LogP contribution in [0.2, 0.25) is 0 Å². The van der Waals surface area contributed by atoms with Crippen molar-refractivity contribution in [3.8, 4) is 0 Å². The molecular weight excluding hydrogens is 242 g/mol. The van der Waals surface area contributed by atoms with Crippen LogP contribution in [0.4, 0.5) is 0 Å². The summed E-state index contributed by atoms with van der Waals surface area (Å²) in [5.41, 5.74) is 3.01. The molecule has 0 aliphatic heterocycles. The Balaban J connectivity index is 2.93. The fourth-order valence-electron chi connectivity index (χ4n) is 1.80. The van der Waals surface area contributed by atoms with Gasteiger partial charge in [-0.05, 0) is 44.4 Å². The number of H-pyrrole nitrogens is 1. The first-order valence-corrected chi connectivity index (χ1v) is 5.88. The van der Waals surface area contributed by atoms with Crippen molar-refractivity contribution in [2.75, 3.05) is 6.61 Å². The monoisotopic (exact) mass is 257 g/mol. The van der Waals surface area contributed by atoms with Crippen molar-refractivity contribution in [3.05, 3.63) is 22.5 Å². The maximum atomic E-state index is 11.7. The highest BCUT2D eigenvalue weighted by molar-refractivity contribution is 6.63. The normalized spacial score (nSPS) is 10.4. The summed E-state index contributed by atoms with van der Waals surface area (Å²) in [5.74, 6) is -0.331. The summed E-state index contributed by atoms with van der Waals surface area (Å²) >= 11 is 5.29. The molecule has 0 atom stereocenters. The van der Waals surface area contributed by atoms with Gasteiger partial charge in [-0.3, -0.25) is 4.79 Å². The van der Waals surface area contributed by atoms with Gasteiger partial charge in [0.1, 0.15) is 0 Å². The molecule has 0 saturated heterocycles. The van der Waals surface area contributed by atoms with Crippen molar-refractivity contribution in [2.45, 2.75) is 33.6 Å². The van der Waals surface area contributed by atoms with Crippen LogP contribution >= 0.6 is 11.6 Å². The molecule has 1 aromatic heterocycles. The van der Waals surface area contributed by atoms with Gasteiger partial charge in [0.05, 0.1) is 12.2 Å². The quantitative estimate of drug-likeness (QED) is 0.651. The SMILES string of the molecule is CCOC(=O)c1c(C)[nH]c(CCC(=O)Cl)c1C. The molecule has 0 unspecified atom stereocenters. The smallest absolute Gasteiger partial charge is 0.340 e. The third-order valence-corrected chi connectivity index (χ3v) is 2.78. The number of hydrogen-bond acceptors (Lipinski definition) is 3. The topological polar surface area (TPSA) is 59.2 Å². The Labute approximate surface area is 105 Å². The van der Waals surface area contributed by atoms with Gasteiger partial charge in [0, 0.05) is 17.8 Å². The lowest BCUT2D eigenvalue weighted by Crippen LogP contribution is -2.06. The van der Waals surface area contributed by atoms with Crippen LogP contribution in [0, 0.1) is 13.8 Å². The van der Waals surface area contributed by atoms with E-state index in [0.29, 0.717) is 18.6 Å². The molecule has 4 nitrogen and oxygen atoms in total. The lowest BCUT2D eigenvalue weighted by Gasteiger charge is -2.02. The van der Waals surface area contributed by atoms with E-state index in [1.807, 2.05) is 13.8 Å². The molecule has 0 amide bonds. The Morgan fingerprint density at radius 3 is 2.53 bits per heavy atom. The molecule has 1 N–H and O–H groups in total. The number of aromatic nitrogens is 1. The summed E-state index contributed by atoms with van der Waals surface area (Å²) in [4.78, 5) is 25.5. The molecule has 0 saturated carbocycles. The van der Waals surface area contributed by atoms with Crippen molar-refractivity contribution >= 4 is 22.8 Å². The van der Waals surface area contributed by atoms with Crippen molar-refractivity contribution in [2.24, 2.45) is 0 Å². The summed E-state index contributed by atoms with van der Waals surface area (Å²) in [6, 6.07) is 0. The predicted molar refractivity (Wildman–Crippen MR) is 65.4 cm³/mol. The number of aryl methyl sites for hydroxylation is 2. The second-order valence-corrected chi connectivity index (χ2v) is 4.23. The molecule has 17 heavy (non-hydrogen) atoms. The van der Waals surface area contributed by atoms with Gasteiger partial charge < -0.3 is 9.72 Å². The van der Waals surface area contributed by atoms with E-state index in [-0.39, 0.29) is 17.6 Å². The first kappa shape index (κ1) is 13.8. The van der Waals surface area contributed by atoms with E-state index in [4.69, 9.17) is 16.3 Å². The summed E-state index contributed by atoms with van der Waals surface area (Å²) in [6.07, 6.45) is 0.763. The van der Waals surface area contributed by atoms with Crippen LogP contribution in [-0.4, -0.2) is 22.8 Å². The van der Waals surface area contributed by atoms with Crippen molar-refractivity contribution in [1.29, 1.82) is 0 Å². The summed E-state index contributed by atoms with van der Waals surface area (Å²) < 4.78 is 4.98. The third kappa shape index (κ3) is 3.33. The highest BCUT2D eigenvalue weighted by Crippen LogP contribution is 2.20. The second-order valence-electron chi connectivity index (χ2n) is 3.80. The number of esters is 1. The highest BCUT2D eigenvalue weighted by Gasteiger charge is 2.19. The maximum absolute atomic E-state index is 11.7. The Hall–Kier alpha value is -1.29. The van der Waals surface area contributed by atoms with E-state index in [1.165, 1.54) is 0 Å². The average molecular weight is 258 g/mol. The number of aromatic amines is 1. The van der Waals surface area contributed by atoms with Gasteiger partial charge in [-0.15, -0.1) is 0 Å². The van der Waals surface area contributed by atoms with E-state index >= 15 is 0 Å². The number of ether oxygens (including phenoxy) is 1. The summed E-state index contributed by atoms with van der Waals surface area (Å²) in [5, 5.41) is -0.380. The second kappa shape index (κ2) is 5.87. The predicted octanol–water partition coefficient (Wildman–Crippen LogP) is 2.51. The van der Waals surface area contributed by atoms with Crippen molar-refractivity contribution in [3.63, 3.8) is 0 Å². The highest BCUT2D eigenvalue weighted by atomic mass is 35.5.